The lowest BCUT2D eigenvalue weighted by molar-refractivity contribution is -0.116. The molecule has 0 atom stereocenters. The van der Waals surface area contributed by atoms with Gasteiger partial charge in [-0.15, -0.1) is 0 Å². The molecule has 1 aliphatic heterocycles. The van der Waals surface area contributed by atoms with Gasteiger partial charge < -0.3 is 10.1 Å². The highest BCUT2D eigenvalue weighted by Crippen LogP contribution is 2.29. The molecule has 1 amide bonds. The molecule has 1 aromatic carbocycles. The summed E-state index contributed by atoms with van der Waals surface area (Å²) in [6.07, 6.45) is 0.526. The molecule has 4 heteroatoms. The van der Waals surface area contributed by atoms with Crippen LogP contribution in [0.2, 0.25) is 0 Å². The Balaban J connectivity index is 1.90. The molecule has 1 N–H and O–H groups in total. The van der Waals surface area contributed by atoms with Gasteiger partial charge in [-0.2, -0.15) is 0 Å². The number of amides is 1. The number of hydrogen-bond acceptors (Lipinski definition) is 3. The number of anilines is 1. The molecule has 0 unspecified atom stereocenters. The Hall–Kier alpha value is -1.39. The Labute approximate surface area is 127 Å². The maximum Gasteiger partial charge on any atom is 0.225 e. The molecule has 116 valence electrons. The van der Waals surface area contributed by atoms with Gasteiger partial charge in [-0.05, 0) is 17.0 Å². The van der Waals surface area contributed by atoms with E-state index in [0.717, 1.165) is 38.5 Å². The van der Waals surface area contributed by atoms with Crippen LogP contribution in [0.25, 0.3) is 0 Å². The normalized spacial score (nSPS) is 16.7. The second kappa shape index (κ2) is 7.05. The molecular formula is C17H26N2O2. The van der Waals surface area contributed by atoms with E-state index in [0.29, 0.717) is 6.42 Å². The van der Waals surface area contributed by atoms with Crippen molar-refractivity contribution in [2.45, 2.75) is 32.6 Å². The maximum atomic E-state index is 12.2. The fourth-order valence-electron chi connectivity index (χ4n) is 2.54. The van der Waals surface area contributed by atoms with Crippen LogP contribution < -0.4 is 5.32 Å². The first-order valence-electron chi connectivity index (χ1n) is 7.66. The van der Waals surface area contributed by atoms with Crippen LogP contribution in [0.15, 0.2) is 24.3 Å². The van der Waals surface area contributed by atoms with Crippen LogP contribution in [0.1, 0.15) is 32.8 Å². The van der Waals surface area contributed by atoms with E-state index in [9.17, 15) is 4.79 Å². The van der Waals surface area contributed by atoms with Crippen LogP contribution in [0, 0.1) is 0 Å². The molecule has 1 fully saturated rings. The van der Waals surface area contributed by atoms with Gasteiger partial charge in [0.25, 0.3) is 0 Å². The Kier molecular flexibility index (Phi) is 5.37. The fraction of sp³-hybridized carbons (Fsp3) is 0.588. The molecule has 0 saturated carbocycles. The minimum Gasteiger partial charge on any atom is -0.379 e. The topological polar surface area (TPSA) is 41.6 Å². The largest absolute Gasteiger partial charge is 0.379 e. The lowest BCUT2D eigenvalue weighted by atomic mass is 9.86. The number of carbonyl (C=O) groups excluding carboxylic acids is 1. The number of nitrogens with zero attached hydrogens (tertiary/aromatic N) is 1. The Morgan fingerprint density at radius 3 is 2.57 bits per heavy atom. The number of ether oxygens (including phenoxy) is 1. The van der Waals surface area contributed by atoms with E-state index in [4.69, 9.17) is 4.74 Å². The number of rotatable bonds is 4. The number of hydrogen-bond donors (Lipinski definition) is 1. The van der Waals surface area contributed by atoms with E-state index in [2.05, 4.69) is 37.1 Å². The molecular weight excluding hydrogens is 264 g/mol. The van der Waals surface area contributed by atoms with Crippen molar-refractivity contribution in [3.05, 3.63) is 29.8 Å². The second-order valence-corrected chi connectivity index (χ2v) is 6.55. The summed E-state index contributed by atoms with van der Waals surface area (Å²) in [7, 11) is 0. The molecule has 0 spiro atoms. The Morgan fingerprint density at radius 2 is 1.90 bits per heavy atom. The monoisotopic (exact) mass is 290 g/mol. The average Bonchev–Trinajstić information content (AvgIpc) is 2.46. The highest BCUT2D eigenvalue weighted by Gasteiger charge is 2.19. The van der Waals surface area contributed by atoms with Gasteiger partial charge in [-0.1, -0.05) is 39.0 Å². The van der Waals surface area contributed by atoms with Crippen molar-refractivity contribution in [3.63, 3.8) is 0 Å². The van der Waals surface area contributed by atoms with Crippen molar-refractivity contribution in [1.29, 1.82) is 0 Å². The van der Waals surface area contributed by atoms with Crippen molar-refractivity contribution >= 4 is 11.6 Å². The molecule has 1 saturated heterocycles. The molecule has 1 heterocycles. The molecule has 2 rings (SSSR count). The zero-order valence-electron chi connectivity index (χ0n) is 13.3. The average molecular weight is 290 g/mol. The van der Waals surface area contributed by atoms with E-state index in [1.165, 1.54) is 5.56 Å². The molecule has 0 bridgehead atoms. The fourth-order valence-corrected chi connectivity index (χ4v) is 2.54. The van der Waals surface area contributed by atoms with Gasteiger partial charge in [0.2, 0.25) is 5.91 Å². The Bertz CT molecular complexity index is 474. The highest BCUT2D eigenvalue weighted by molar-refractivity contribution is 5.91. The quantitative estimate of drug-likeness (QED) is 0.927. The summed E-state index contributed by atoms with van der Waals surface area (Å²) < 4.78 is 5.31. The number of carbonyl (C=O) groups is 1. The van der Waals surface area contributed by atoms with Gasteiger partial charge in [-0.3, -0.25) is 9.69 Å². The van der Waals surface area contributed by atoms with Gasteiger partial charge >= 0.3 is 0 Å². The molecule has 1 aliphatic rings. The second-order valence-electron chi connectivity index (χ2n) is 6.55. The zero-order chi connectivity index (χ0) is 15.3. The number of nitrogens with one attached hydrogen (secondary N) is 1. The van der Waals surface area contributed by atoms with Crippen molar-refractivity contribution in [2.75, 3.05) is 38.2 Å². The van der Waals surface area contributed by atoms with Crippen LogP contribution in [-0.4, -0.2) is 43.7 Å². The molecule has 0 radical (unpaired) electrons. The van der Waals surface area contributed by atoms with Gasteiger partial charge in [0.1, 0.15) is 0 Å². The first-order chi connectivity index (χ1) is 9.97. The molecule has 1 aromatic rings. The summed E-state index contributed by atoms with van der Waals surface area (Å²) in [4.78, 5) is 14.4. The predicted molar refractivity (Wildman–Crippen MR) is 85.6 cm³/mol. The third-order valence-corrected chi connectivity index (χ3v) is 3.77. The third-order valence-electron chi connectivity index (χ3n) is 3.77. The van der Waals surface area contributed by atoms with Gasteiger partial charge in [0.15, 0.2) is 0 Å². The van der Waals surface area contributed by atoms with Crippen LogP contribution in [0.4, 0.5) is 5.69 Å². The molecule has 4 nitrogen and oxygen atoms in total. The zero-order valence-corrected chi connectivity index (χ0v) is 13.3. The van der Waals surface area contributed by atoms with Crippen molar-refractivity contribution < 1.29 is 9.53 Å². The van der Waals surface area contributed by atoms with Crippen LogP contribution in [0.3, 0.4) is 0 Å². The summed E-state index contributed by atoms with van der Waals surface area (Å²) >= 11 is 0. The molecule has 21 heavy (non-hydrogen) atoms. The van der Waals surface area contributed by atoms with Gasteiger partial charge in [-0.25, -0.2) is 0 Å². The number of morpholine rings is 1. The summed E-state index contributed by atoms with van der Waals surface area (Å²) in [5.74, 6) is 0.0817. The van der Waals surface area contributed by atoms with Crippen molar-refractivity contribution in [2.24, 2.45) is 0 Å². The van der Waals surface area contributed by atoms with Crippen LogP contribution >= 0.6 is 0 Å². The summed E-state index contributed by atoms with van der Waals surface area (Å²) in [5, 5.41) is 3.06. The number of para-hydroxylation sites is 1. The standard InChI is InChI=1S/C17H26N2O2/c1-17(2,3)14-6-4-5-7-15(14)18-16(20)8-9-19-10-12-21-13-11-19/h4-7H,8-13H2,1-3H3,(H,18,20). The lowest BCUT2D eigenvalue weighted by Gasteiger charge is -2.26. The smallest absolute Gasteiger partial charge is 0.225 e. The van der Waals surface area contributed by atoms with E-state index in [-0.39, 0.29) is 11.3 Å². The van der Waals surface area contributed by atoms with E-state index < -0.39 is 0 Å². The first-order valence-corrected chi connectivity index (χ1v) is 7.66. The summed E-state index contributed by atoms with van der Waals surface area (Å²) in [6.45, 7) is 10.7. The minimum absolute atomic E-state index is 0.0219. The minimum atomic E-state index is 0.0219. The van der Waals surface area contributed by atoms with Crippen molar-refractivity contribution in [3.8, 4) is 0 Å². The van der Waals surface area contributed by atoms with Crippen molar-refractivity contribution in [1.82, 2.24) is 4.90 Å². The van der Waals surface area contributed by atoms with E-state index >= 15 is 0 Å². The van der Waals surface area contributed by atoms with E-state index in [1.807, 2.05) is 18.2 Å². The molecule has 0 aromatic heterocycles. The SMILES string of the molecule is CC(C)(C)c1ccccc1NC(=O)CCN1CCOCC1. The lowest BCUT2D eigenvalue weighted by Crippen LogP contribution is -2.38. The Morgan fingerprint density at radius 1 is 1.24 bits per heavy atom. The summed E-state index contributed by atoms with van der Waals surface area (Å²) in [6, 6.07) is 8.04. The van der Waals surface area contributed by atoms with Crippen LogP contribution in [-0.2, 0) is 14.9 Å². The van der Waals surface area contributed by atoms with Gasteiger partial charge in [0.05, 0.1) is 13.2 Å². The van der Waals surface area contributed by atoms with Gasteiger partial charge in [0, 0.05) is 31.7 Å². The molecule has 0 aliphatic carbocycles. The third kappa shape index (κ3) is 4.83. The van der Waals surface area contributed by atoms with E-state index in [1.54, 1.807) is 0 Å². The summed E-state index contributed by atoms with van der Waals surface area (Å²) in [5.41, 5.74) is 2.12. The number of benzene rings is 1. The predicted octanol–water partition coefficient (Wildman–Crippen LogP) is 2.64. The van der Waals surface area contributed by atoms with Crippen LogP contribution in [0.5, 0.6) is 0 Å². The highest BCUT2D eigenvalue weighted by atomic mass is 16.5. The maximum absolute atomic E-state index is 12.2. The first kappa shape index (κ1) is 16.0.